The fourth-order valence-electron chi connectivity index (χ4n) is 2.88. The van der Waals surface area contributed by atoms with E-state index < -0.39 is 0 Å². The van der Waals surface area contributed by atoms with E-state index in [0.717, 1.165) is 5.56 Å². The highest BCUT2D eigenvalue weighted by molar-refractivity contribution is 8.00. The van der Waals surface area contributed by atoms with E-state index in [1.807, 2.05) is 65.9 Å². The van der Waals surface area contributed by atoms with Crippen molar-refractivity contribution in [1.29, 1.82) is 0 Å². The van der Waals surface area contributed by atoms with Gasteiger partial charge in [0.05, 0.1) is 11.5 Å². The van der Waals surface area contributed by atoms with E-state index in [-0.39, 0.29) is 16.7 Å². The molecule has 0 spiro atoms. The molecule has 0 fully saturated rings. The summed E-state index contributed by atoms with van der Waals surface area (Å²) in [4.78, 5) is 15.2. The molecule has 148 valence electrons. The van der Waals surface area contributed by atoms with Gasteiger partial charge in [-0.3, -0.25) is 4.79 Å². The van der Waals surface area contributed by atoms with Gasteiger partial charge < -0.3 is 13.9 Å². The van der Waals surface area contributed by atoms with Crippen LogP contribution in [-0.4, -0.2) is 36.4 Å². The summed E-state index contributed by atoms with van der Waals surface area (Å²) in [5, 5.41) is 8.84. The van der Waals surface area contributed by atoms with Crippen LogP contribution in [0, 0.1) is 0 Å². The zero-order valence-electron chi connectivity index (χ0n) is 16.9. The Labute approximate surface area is 169 Å². The summed E-state index contributed by atoms with van der Waals surface area (Å²) in [6.45, 7) is 8.66. The molecular formula is C21H26N4O2S. The van der Waals surface area contributed by atoms with Crippen molar-refractivity contribution >= 4 is 17.7 Å². The summed E-state index contributed by atoms with van der Waals surface area (Å²) in [5.41, 5.74) is 0.822. The predicted octanol–water partition coefficient (Wildman–Crippen LogP) is 4.38. The molecule has 0 saturated carbocycles. The lowest BCUT2D eigenvalue weighted by Crippen LogP contribution is -2.48. The first-order chi connectivity index (χ1) is 13.3. The van der Waals surface area contributed by atoms with Crippen molar-refractivity contribution in [3.8, 4) is 11.6 Å². The molecule has 3 aromatic rings. The minimum Gasteiger partial charge on any atom is -0.461 e. The highest BCUT2D eigenvalue weighted by atomic mass is 32.2. The van der Waals surface area contributed by atoms with E-state index in [2.05, 4.69) is 31.0 Å². The average Bonchev–Trinajstić information content (AvgIpc) is 3.29. The number of nitrogens with zero attached hydrogens (tertiary/aromatic N) is 4. The maximum atomic E-state index is 13.3. The molecule has 28 heavy (non-hydrogen) atoms. The molecule has 0 aliphatic carbocycles. The van der Waals surface area contributed by atoms with Crippen LogP contribution in [0.4, 0.5) is 0 Å². The summed E-state index contributed by atoms with van der Waals surface area (Å²) in [5.74, 6) is 1.37. The van der Waals surface area contributed by atoms with Crippen LogP contribution in [0.5, 0.6) is 0 Å². The molecule has 2 aromatic heterocycles. The van der Waals surface area contributed by atoms with E-state index in [1.54, 1.807) is 6.26 Å². The topological polar surface area (TPSA) is 64.2 Å². The van der Waals surface area contributed by atoms with Crippen LogP contribution >= 0.6 is 11.8 Å². The zero-order chi connectivity index (χ0) is 20.3. The summed E-state index contributed by atoms with van der Waals surface area (Å²) < 4.78 is 7.26. The molecule has 0 N–H and O–H groups in total. The molecule has 0 bridgehead atoms. The lowest BCUT2D eigenvalue weighted by molar-refractivity contribution is -0.135. The Morgan fingerprint density at radius 1 is 1.18 bits per heavy atom. The highest BCUT2D eigenvalue weighted by Gasteiger charge is 2.31. The van der Waals surface area contributed by atoms with Gasteiger partial charge in [-0.15, -0.1) is 10.2 Å². The van der Waals surface area contributed by atoms with Gasteiger partial charge >= 0.3 is 0 Å². The standard InChI is InChI=1S/C21H26N4O2S/c1-15(28-20-23-22-18(24(20)5)17-12-9-13-27-17)19(26)25(21(2,3)4)14-16-10-7-6-8-11-16/h6-13,15H,14H2,1-5H3/t15-/m1/s1. The third kappa shape index (κ3) is 4.47. The van der Waals surface area contributed by atoms with Crippen LogP contribution in [0.2, 0.25) is 0 Å². The number of benzene rings is 1. The van der Waals surface area contributed by atoms with Crippen LogP contribution < -0.4 is 0 Å². The van der Waals surface area contributed by atoms with E-state index in [0.29, 0.717) is 23.3 Å². The van der Waals surface area contributed by atoms with Gasteiger partial charge in [0.1, 0.15) is 0 Å². The number of hydrogen-bond donors (Lipinski definition) is 0. The van der Waals surface area contributed by atoms with Gasteiger partial charge in [-0.1, -0.05) is 42.1 Å². The fourth-order valence-corrected chi connectivity index (χ4v) is 3.75. The minimum absolute atomic E-state index is 0.0731. The lowest BCUT2D eigenvalue weighted by Gasteiger charge is -2.37. The predicted molar refractivity (Wildman–Crippen MR) is 111 cm³/mol. The number of rotatable bonds is 6. The largest absolute Gasteiger partial charge is 0.461 e. The SMILES string of the molecule is C[C@@H](Sc1nnc(-c2ccco2)n1C)C(=O)N(Cc1ccccc1)C(C)(C)C. The molecule has 0 aliphatic rings. The molecule has 1 aromatic carbocycles. The van der Waals surface area contributed by atoms with Crippen LogP contribution in [0.1, 0.15) is 33.3 Å². The van der Waals surface area contributed by atoms with Crippen LogP contribution in [0.25, 0.3) is 11.6 Å². The Kier molecular flexibility index (Phi) is 5.93. The van der Waals surface area contributed by atoms with Crippen molar-refractivity contribution in [3.05, 3.63) is 54.3 Å². The van der Waals surface area contributed by atoms with Crippen LogP contribution in [0.15, 0.2) is 58.3 Å². The Hall–Kier alpha value is -2.54. The molecule has 1 amide bonds. The molecule has 0 aliphatic heterocycles. The molecule has 6 nitrogen and oxygen atoms in total. The molecule has 1 atom stereocenters. The Morgan fingerprint density at radius 3 is 2.50 bits per heavy atom. The van der Waals surface area contributed by atoms with Gasteiger partial charge in [0.25, 0.3) is 0 Å². The Bertz CT molecular complexity index is 914. The molecule has 2 heterocycles. The molecule has 0 radical (unpaired) electrons. The normalized spacial score (nSPS) is 12.8. The zero-order valence-corrected chi connectivity index (χ0v) is 17.7. The van der Waals surface area contributed by atoms with E-state index in [4.69, 9.17) is 4.42 Å². The van der Waals surface area contributed by atoms with E-state index in [1.165, 1.54) is 11.8 Å². The van der Waals surface area contributed by atoms with E-state index >= 15 is 0 Å². The van der Waals surface area contributed by atoms with Gasteiger partial charge in [0.15, 0.2) is 16.7 Å². The molecule has 3 rings (SSSR count). The molecule has 0 unspecified atom stereocenters. The summed E-state index contributed by atoms with van der Waals surface area (Å²) in [7, 11) is 1.88. The summed E-state index contributed by atoms with van der Waals surface area (Å²) in [6, 6.07) is 13.7. The maximum Gasteiger partial charge on any atom is 0.236 e. The average molecular weight is 399 g/mol. The van der Waals surface area contributed by atoms with E-state index in [9.17, 15) is 4.79 Å². The van der Waals surface area contributed by atoms with Crippen molar-refractivity contribution in [3.63, 3.8) is 0 Å². The van der Waals surface area contributed by atoms with Crippen molar-refractivity contribution in [1.82, 2.24) is 19.7 Å². The number of carbonyl (C=O) groups is 1. The highest BCUT2D eigenvalue weighted by Crippen LogP contribution is 2.29. The maximum absolute atomic E-state index is 13.3. The fraction of sp³-hybridized carbons (Fsp3) is 0.381. The lowest BCUT2D eigenvalue weighted by atomic mass is 10.0. The number of amides is 1. The number of aromatic nitrogens is 3. The van der Waals surface area contributed by atoms with Crippen molar-refractivity contribution < 1.29 is 9.21 Å². The number of furan rings is 1. The quantitative estimate of drug-likeness (QED) is 0.577. The minimum atomic E-state index is -0.296. The van der Waals surface area contributed by atoms with Gasteiger partial charge in [-0.2, -0.15) is 0 Å². The number of carbonyl (C=O) groups excluding carboxylic acids is 1. The smallest absolute Gasteiger partial charge is 0.236 e. The van der Waals surface area contributed by atoms with Crippen LogP contribution in [-0.2, 0) is 18.4 Å². The first-order valence-electron chi connectivity index (χ1n) is 9.22. The summed E-state index contributed by atoms with van der Waals surface area (Å²) in [6.07, 6.45) is 1.60. The second-order valence-corrected chi connectivity index (χ2v) is 8.99. The number of thioether (sulfide) groups is 1. The molecule has 7 heteroatoms. The van der Waals surface area contributed by atoms with Gasteiger partial charge in [-0.05, 0) is 45.4 Å². The second kappa shape index (κ2) is 8.22. The first-order valence-corrected chi connectivity index (χ1v) is 10.1. The van der Waals surface area contributed by atoms with Gasteiger partial charge in [0.2, 0.25) is 5.91 Å². The third-order valence-corrected chi connectivity index (χ3v) is 5.59. The molecular weight excluding hydrogens is 372 g/mol. The summed E-state index contributed by atoms with van der Waals surface area (Å²) >= 11 is 1.41. The second-order valence-electron chi connectivity index (χ2n) is 7.68. The Morgan fingerprint density at radius 2 is 1.89 bits per heavy atom. The van der Waals surface area contributed by atoms with Gasteiger partial charge in [-0.25, -0.2) is 0 Å². The monoisotopic (exact) mass is 398 g/mol. The van der Waals surface area contributed by atoms with Crippen molar-refractivity contribution in [2.45, 2.75) is 50.2 Å². The number of hydrogen-bond acceptors (Lipinski definition) is 5. The van der Waals surface area contributed by atoms with Crippen LogP contribution in [0.3, 0.4) is 0 Å². The van der Waals surface area contributed by atoms with Gasteiger partial charge in [0, 0.05) is 19.1 Å². The Balaban J connectivity index is 1.76. The first kappa shape index (κ1) is 20.2. The van der Waals surface area contributed by atoms with Crippen molar-refractivity contribution in [2.24, 2.45) is 7.05 Å². The third-order valence-electron chi connectivity index (χ3n) is 4.47. The molecule has 0 saturated heterocycles. The van der Waals surface area contributed by atoms with Crippen molar-refractivity contribution in [2.75, 3.05) is 0 Å².